The molecule has 2 aromatic heterocycles. The van der Waals surface area contributed by atoms with Gasteiger partial charge in [-0.2, -0.15) is 5.26 Å². The van der Waals surface area contributed by atoms with Gasteiger partial charge in [0.2, 0.25) is 0 Å². The Balaban J connectivity index is 2.12. The fourth-order valence-electron chi connectivity index (χ4n) is 2.32. The molecule has 0 spiro atoms. The van der Waals surface area contributed by atoms with Crippen LogP contribution in [0, 0.1) is 18.3 Å². The largest absolute Gasteiger partial charge is 0.268 e. The summed E-state index contributed by atoms with van der Waals surface area (Å²) in [6.07, 6.45) is 2.99. The molecule has 6 heteroatoms. The molecule has 0 aliphatic heterocycles. The maximum absolute atomic E-state index is 12.9. The van der Waals surface area contributed by atoms with Gasteiger partial charge >= 0.3 is 0 Å². The number of fused-ring (bicyclic) bond motifs is 1. The van der Waals surface area contributed by atoms with E-state index in [9.17, 15) is 4.79 Å². The topological polar surface area (TPSA) is 71.6 Å². The Bertz CT molecular complexity index is 957. The van der Waals surface area contributed by atoms with Crippen molar-refractivity contribution in [3.63, 3.8) is 0 Å². The molecular weight excluding hydrogens is 320 g/mol. The van der Waals surface area contributed by atoms with Crippen molar-refractivity contribution in [3.8, 4) is 11.9 Å². The molecule has 0 unspecified atom stereocenters. The van der Waals surface area contributed by atoms with Crippen molar-refractivity contribution < 1.29 is 0 Å². The minimum atomic E-state index is -0.125. The van der Waals surface area contributed by atoms with Crippen LogP contribution in [-0.4, -0.2) is 20.3 Å². The Hall–Kier alpha value is -2.65. The minimum Gasteiger partial charge on any atom is -0.268 e. The summed E-state index contributed by atoms with van der Waals surface area (Å²) < 4.78 is 1.55. The molecule has 3 aromatic rings. The number of pyridine rings is 1. The number of aromatic nitrogens is 3. The highest BCUT2D eigenvalue weighted by molar-refractivity contribution is 7.99. The lowest BCUT2D eigenvalue weighted by molar-refractivity contribution is 0.793. The van der Waals surface area contributed by atoms with E-state index in [4.69, 9.17) is 5.26 Å². The smallest absolute Gasteiger partial charge is 0.267 e. The average molecular weight is 336 g/mol. The Morgan fingerprint density at radius 1 is 1.25 bits per heavy atom. The van der Waals surface area contributed by atoms with E-state index in [0.29, 0.717) is 28.3 Å². The van der Waals surface area contributed by atoms with Crippen LogP contribution in [0.25, 0.3) is 16.7 Å². The monoisotopic (exact) mass is 336 g/mol. The maximum Gasteiger partial charge on any atom is 0.267 e. The van der Waals surface area contributed by atoms with Gasteiger partial charge in [0.25, 0.3) is 5.56 Å². The van der Waals surface area contributed by atoms with E-state index in [1.807, 2.05) is 37.3 Å². The standard InChI is InChI=1S/C18H16N4OS/c1-13-8-9-16(20-12-13)22-17(23)14-6-2-3-7-15(14)21-18(22)24-11-5-4-10-19/h2-3,6-9,12H,4-5,11H2,1H3. The van der Waals surface area contributed by atoms with Crippen LogP contribution in [0.15, 0.2) is 52.5 Å². The minimum absolute atomic E-state index is 0.125. The molecule has 0 bridgehead atoms. The van der Waals surface area contributed by atoms with Crippen molar-refractivity contribution in [2.24, 2.45) is 0 Å². The molecule has 24 heavy (non-hydrogen) atoms. The molecule has 0 saturated carbocycles. The molecule has 0 N–H and O–H groups in total. The third kappa shape index (κ3) is 3.31. The number of thioether (sulfide) groups is 1. The molecule has 0 saturated heterocycles. The predicted octanol–water partition coefficient (Wildman–Crippen LogP) is 3.49. The van der Waals surface area contributed by atoms with Crippen molar-refractivity contribution in [1.29, 1.82) is 5.26 Å². The number of nitrogens with zero attached hydrogens (tertiary/aromatic N) is 4. The van der Waals surface area contributed by atoms with Crippen molar-refractivity contribution >= 4 is 22.7 Å². The number of rotatable bonds is 5. The lowest BCUT2D eigenvalue weighted by atomic mass is 10.2. The lowest BCUT2D eigenvalue weighted by Gasteiger charge is -2.12. The number of aryl methyl sites for hydroxylation is 1. The molecular formula is C18H16N4OS. The van der Waals surface area contributed by atoms with Crippen LogP contribution in [0.1, 0.15) is 18.4 Å². The molecule has 0 radical (unpaired) electrons. The summed E-state index contributed by atoms with van der Waals surface area (Å²) in [5, 5.41) is 9.84. The van der Waals surface area contributed by atoms with Crippen LogP contribution < -0.4 is 5.56 Å². The van der Waals surface area contributed by atoms with Crippen LogP contribution in [0.3, 0.4) is 0 Å². The van der Waals surface area contributed by atoms with E-state index in [1.54, 1.807) is 16.8 Å². The summed E-state index contributed by atoms with van der Waals surface area (Å²) in [4.78, 5) is 22.0. The molecule has 5 nitrogen and oxygen atoms in total. The zero-order valence-corrected chi connectivity index (χ0v) is 14.1. The molecule has 0 atom stereocenters. The summed E-state index contributed by atoms with van der Waals surface area (Å²) in [5.74, 6) is 1.29. The molecule has 0 fully saturated rings. The first-order valence-corrected chi connectivity index (χ1v) is 8.64. The quantitative estimate of drug-likeness (QED) is 0.405. The van der Waals surface area contributed by atoms with Crippen LogP contribution in [0.4, 0.5) is 0 Å². The molecule has 0 amide bonds. The number of para-hydroxylation sites is 1. The summed E-state index contributed by atoms with van der Waals surface area (Å²) in [5.41, 5.74) is 1.58. The first-order valence-electron chi connectivity index (χ1n) is 7.65. The number of unbranched alkanes of at least 4 members (excludes halogenated alkanes) is 1. The predicted molar refractivity (Wildman–Crippen MR) is 95.4 cm³/mol. The fourth-order valence-corrected chi connectivity index (χ4v) is 3.26. The molecule has 2 heterocycles. The van der Waals surface area contributed by atoms with Gasteiger partial charge in [0.15, 0.2) is 5.16 Å². The average Bonchev–Trinajstić information content (AvgIpc) is 2.60. The first kappa shape index (κ1) is 16.2. The van der Waals surface area contributed by atoms with Crippen LogP contribution in [0.5, 0.6) is 0 Å². The molecule has 0 aliphatic rings. The maximum atomic E-state index is 12.9. The number of benzene rings is 1. The van der Waals surface area contributed by atoms with E-state index >= 15 is 0 Å². The van der Waals surface area contributed by atoms with E-state index in [1.165, 1.54) is 11.8 Å². The van der Waals surface area contributed by atoms with Crippen molar-refractivity contribution in [2.75, 3.05) is 5.75 Å². The normalized spacial score (nSPS) is 10.7. The van der Waals surface area contributed by atoms with E-state index < -0.39 is 0 Å². The van der Waals surface area contributed by atoms with Crippen LogP contribution in [-0.2, 0) is 0 Å². The second-order valence-corrected chi connectivity index (χ2v) is 6.42. The first-order chi connectivity index (χ1) is 11.7. The van der Waals surface area contributed by atoms with Gasteiger partial charge in [0, 0.05) is 18.4 Å². The Morgan fingerprint density at radius 2 is 2.08 bits per heavy atom. The summed E-state index contributed by atoms with van der Waals surface area (Å²) in [6.45, 7) is 1.95. The van der Waals surface area contributed by atoms with Crippen molar-refractivity contribution in [2.45, 2.75) is 24.9 Å². The summed E-state index contributed by atoms with van der Waals surface area (Å²) in [7, 11) is 0. The van der Waals surface area contributed by atoms with Gasteiger partial charge < -0.3 is 0 Å². The van der Waals surface area contributed by atoms with E-state index in [2.05, 4.69) is 16.0 Å². The van der Waals surface area contributed by atoms with E-state index in [0.717, 1.165) is 17.7 Å². The highest BCUT2D eigenvalue weighted by Gasteiger charge is 2.13. The van der Waals surface area contributed by atoms with Gasteiger partial charge in [-0.05, 0) is 37.1 Å². The summed E-state index contributed by atoms with van der Waals surface area (Å²) >= 11 is 1.48. The highest BCUT2D eigenvalue weighted by atomic mass is 32.2. The highest BCUT2D eigenvalue weighted by Crippen LogP contribution is 2.21. The Labute approximate surface area is 144 Å². The lowest BCUT2D eigenvalue weighted by Crippen LogP contribution is -2.22. The summed E-state index contributed by atoms with van der Waals surface area (Å²) in [6, 6.07) is 13.2. The van der Waals surface area contributed by atoms with Gasteiger partial charge in [-0.25, -0.2) is 14.5 Å². The molecule has 3 rings (SSSR count). The van der Waals surface area contributed by atoms with Gasteiger partial charge in [-0.15, -0.1) is 0 Å². The molecule has 1 aromatic carbocycles. The third-order valence-corrected chi connectivity index (χ3v) is 4.56. The van der Waals surface area contributed by atoms with Crippen molar-refractivity contribution in [1.82, 2.24) is 14.5 Å². The van der Waals surface area contributed by atoms with Crippen LogP contribution in [0.2, 0.25) is 0 Å². The number of hydrogen-bond donors (Lipinski definition) is 0. The Kier molecular flexibility index (Phi) is 4.92. The molecule has 120 valence electrons. The molecule has 0 aliphatic carbocycles. The SMILES string of the molecule is Cc1ccc(-n2c(SCCCC#N)nc3ccccc3c2=O)nc1. The fraction of sp³-hybridized carbons (Fsp3) is 0.222. The number of nitriles is 1. The van der Waals surface area contributed by atoms with Gasteiger partial charge in [0.1, 0.15) is 5.82 Å². The zero-order valence-electron chi connectivity index (χ0n) is 13.3. The zero-order chi connectivity index (χ0) is 16.9. The van der Waals surface area contributed by atoms with Crippen LogP contribution >= 0.6 is 11.8 Å². The number of hydrogen-bond acceptors (Lipinski definition) is 5. The second-order valence-electron chi connectivity index (χ2n) is 5.36. The van der Waals surface area contributed by atoms with Gasteiger partial charge in [-0.3, -0.25) is 4.79 Å². The Morgan fingerprint density at radius 3 is 2.83 bits per heavy atom. The van der Waals surface area contributed by atoms with E-state index in [-0.39, 0.29) is 5.56 Å². The second kappa shape index (κ2) is 7.28. The van der Waals surface area contributed by atoms with Crippen molar-refractivity contribution in [3.05, 3.63) is 58.5 Å². The van der Waals surface area contributed by atoms with Gasteiger partial charge in [0.05, 0.1) is 17.0 Å². The van der Waals surface area contributed by atoms with Gasteiger partial charge in [-0.1, -0.05) is 30.0 Å². The third-order valence-electron chi connectivity index (χ3n) is 3.53.